The molecule has 5 nitrogen and oxygen atoms in total. The minimum atomic E-state index is -0.891. The van der Waals surface area contributed by atoms with E-state index in [1.165, 1.54) is 4.90 Å². The first-order chi connectivity index (χ1) is 8.10. The lowest BCUT2D eigenvalue weighted by Crippen LogP contribution is -2.35. The van der Waals surface area contributed by atoms with E-state index >= 15 is 0 Å². The van der Waals surface area contributed by atoms with Gasteiger partial charge in [-0.1, -0.05) is 12.5 Å². The molecule has 96 valence electrons. The van der Waals surface area contributed by atoms with Crippen LogP contribution in [0, 0.1) is 0 Å². The minimum Gasteiger partial charge on any atom is -0.465 e. The third-order valence-corrected chi connectivity index (χ3v) is 2.94. The highest BCUT2D eigenvalue weighted by Crippen LogP contribution is 2.22. The van der Waals surface area contributed by atoms with Crippen LogP contribution in [0.1, 0.15) is 33.1 Å². The number of carbonyl (C=O) groups is 2. The van der Waals surface area contributed by atoms with Crippen LogP contribution in [0.3, 0.4) is 0 Å². The number of amides is 1. The van der Waals surface area contributed by atoms with Gasteiger partial charge in [0.2, 0.25) is 0 Å². The lowest BCUT2D eigenvalue weighted by atomic mass is 9.96. The van der Waals surface area contributed by atoms with E-state index in [0.717, 1.165) is 11.1 Å². The molecule has 17 heavy (non-hydrogen) atoms. The fourth-order valence-corrected chi connectivity index (χ4v) is 2.03. The molecule has 0 saturated carbocycles. The van der Waals surface area contributed by atoms with Crippen LogP contribution in [0.15, 0.2) is 11.1 Å². The van der Waals surface area contributed by atoms with E-state index in [4.69, 9.17) is 9.84 Å². The molecule has 0 radical (unpaired) electrons. The smallest absolute Gasteiger partial charge is 0.407 e. The van der Waals surface area contributed by atoms with Crippen LogP contribution in [0.4, 0.5) is 4.79 Å². The van der Waals surface area contributed by atoms with Gasteiger partial charge in [0.25, 0.3) is 0 Å². The molecule has 0 aliphatic carbocycles. The van der Waals surface area contributed by atoms with Crippen molar-refractivity contribution in [2.24, 2.45) is 0 Å². The predicted octanol–water partition coefficient (Wildman–Crippen LogP) is 2.03. The third kappa shape index (κ3) is 3.47. The average molecular weight is 241 g/mol. The van der Waals surface area contributed by atoms with E-state index in [1.807, 2.05) is 6.92 Å². The van der Waals surface area contributed by atoms with Crippen molar-refractivity contribution >= 4 is 12.1 Å². The van der Waals surface area contributed by atoms with Crippen molar-refractivity contribution in [3.8, 4) is 0 Å². The fraction of sp³-hybridized carbons (Fsp3) is 0.667. The number of rotatable bonds is 3. The van der Waals surface area contributed by atoms with Crippen LogP contribution in [0.25, 0.3) is 0 Å². The topological polar surface area (TPSA) is 66.8 Å². The quantitative estimate of drug-likeness (QED) is 0.606. The molecule has 1 aliphatic heterocycles. The normalized spacial score (nSPS) is 15.6. The molecule has 0 aromatic heterocycles. The summed E-state index contributed by atoms with van der Waals surface area (Å²) in [6, 6.07) is 0. The maximum Gasteiger partial charge on any atom is 0.407 e. The summed E-state index contributed by atoms with van der Waals surface area (Å²) < 4.78 is 5.00. The molecule has 0 aromatic carbocycles. The molecule has 0 atom stereocenters. The van der Waals surface area contributed by atoms with Crippen molar-refractivity contribution in [1.82, 2.24) is 4.90 Å². The Bertz CT molecular complexity index is 325. The van der Waals surface area contributed by atoms with Gasteiger partial charge in [-0.15, -0.1) is 0 Å². The number of nitrogens with zero attached hydrogens (tertiary/aromatic N) is 1. The summed E-state index contributed by atoms with van der Waals surface area (Å²) >= 11 is 0. The first kappa shape index (κ1) is 13.5. The van der Waals surface area contributed by atoms with Crippen LogP contribution in [0.5, 0.6) is 0 Å². The van der Waals surface area contributed by atoms with Crippen molar-refractivity contribution in [3.05, 3.63) is 11.1 Å². The van der Waals surface area contributed by atoms with E-state index in [2.05, 4.69) is 0 Å². The van der Waals surface area contributed by atoms with E-state index in [0.29, 0.717) is 39.0 Å². The number of likely N-dealkylation sites (tertiary alicyclic amines) is 1. The molecular weight excluding hydrogens is 222 g/mol. The highest BCUT2D eigenvalue weighted by molar-refractivity contribution is 5.89. The van der Waals surface area contributed by atoms with Crippen molar-refractivity contribution < 1.29 is 19.4 Å². The summed E-state index contributed by atoms with van der Waals surface area (Å²) in [6.45, 7) is 5.00. The Hall–Kier alpha value is -1.52. The van der Waals surface area contributed by atoms with Crippen LogP contribution in [-0.4, -0.2) is 41.8 Å². The molecule has 1 N–H and O–H groups in total. The highest BCUT2D eigenvalue weighted by Gasteiger charge is 2.22. The van der Waals surface area contributed by atoms with Crippen LogP contribution in [-0.2, 0) is 9.53 Å². The number of ether oxygens (including phenoxy) is 1. The highest BCUT2D eigenvalue weighted by atomic mass is 16.5. The first-order valence-electron chi connectivity index (χ1n) is 5.96. The number of esters is 1. The second-order valence-corrected chi connectivity index (χ2v) is 3.93. The average Bonchev–Trinajstić information content (AvgIpc) is 2.31. The van der Waals surface area contributed by atoms with Gasteiger partial charge in [-0.25, -0.2) is 9.59 Å². The van der Waals surface area contributed by atoms with E-state index in [1.54, 1.807) is 6.92 Å². The van der Waals surface area contributed by atoms with Crippen molar-refractivity contribution in [2.75, 3.05) is 19.7 Å². The summed E-state index contributed by atoms with van der Waals surface area (Å²) in [7, 11) is 0. The number of carbonyl (C=O) groups excluding carboxylic acids is 1. The zero-order chi connectivity index (χ0) is 12.8. The molecule has 0 unspecified atom stereocenters. The predicted molar refractivity (Wildman–Crippen MR) is 62.8 cm³/mol. The maximum absolute atomic E-state index is 11.7. The first-order valence-corrected chi connectivity index (χ1v) is 5.96. The van der Waals surface area contributed by atoms with E-state index in [9.17, 15) is 9.59 Å². The summed E-state index contributed by atoms with van der Waals surface area (Å²) in [4.78, 5) is 23.8. The zero-order valence-electron chi connectivity index (χ0n) is 10.4. The molecular formula is C12H19NO4. The standard InChI is InChI=1S/C12H19NO4/c1-3-10(11(14)17-4-2)9-5-7-13(8-6-9)12(15)16/h3-8H2,1-2H3,(H,15,16). The van der Waals surface area contributed by atoms with Crippen LogP contribution in [0.2, 0.25) is 0 Å². The molecule has 1 heterocycles. The molecule has 1 amide bonds. The summed E-state index contributed by atoms with van der Waals surface area (Å²) in [6.07, 6.45) is 1.02. The Labute approximate surface area is 101 Å². The molecule has 0 spiro atoms. The maximum atomic E-state index is 11.7. The van der Waals surface area contributed by atoms with Gasteiger partial charge in [-0.05, 0) is 26.2 Å². The molecule has 1 aliphatic rings. The molecule has 5 heteroatoms. The van der Waals surface area contributed by atoms with Crippen LogP contribution < -0.4 is 0 Å². The number of piperidine rings is 1. The van der Waals surface area contributed by atoms with Gasteiger partial charge < -0.3 is 14.7 Å². The lowest BCUT2D eigenvalue weighted by Gasteiger charge is -2.27. The Morgan fingerprint density at radius 3 is 2.29 bits per heavy atom. The van der Waals surface area contributed by atoms with E-state index < -0.39 is 6.09 Å². The Balaban J connectivity index is 2.70. The van der Waals surface area contributed by atoms with Crippen molar-refractivity contribution in [1.29, 1.82) is 0 Å². The molecule has 0 bridgehead atoms. The summed E-state index contributed by atoms with van der Waals surface area (Å²) in [5, 5.41) is 8.83. The fourth-order valence-electron chi connectivity index (χ4n) is 2.03. The summed E-state index contributed by atoms with van der Waals surface area (Å²) in [5.74, 6) is -0.256. The van der Waals surface area contributed by atoms with Crippen molar-refractivity contribution in [2.45, 2.75) is 33.1 Å². The van der Waals surface area contributed by atoms with Gasteiger partial charge in [0, 0.05) is 18.7 Å². The van der Waals surface area contributed by atoms with Gasteiger partial charge in [-0.2, -0.15) is 0 Å². The van der Waals surface area contributed by atoms with Crippen LogP contribution >= 0.6 is 0 Å². The van der Waals surface area contributed by atoms with Gasteiger partial charge in [-0.3, -0.25) is 0 Å². The second kappa shape index (κ2) is 6.27. The SMILES string of the molecule is CCOC(=O)C(CC)=C1CCN(C(=O)O)CC1. The second-order valence-electron chi connectivity index (χ2n) is 3.93. The Kier molecular flexibility index (Phi) is 5.00. The number of hydrogen-bond acceptors (Lipinski definition) is 3. The van der Waals surface area contributed by atoms with Gasteiger partial charge in [0.05, 0.1) is 6.61 Å². The Morgan fingerprint density at radius 1 is 1.29 bits per heavy atom. The third-order valence-electron chi connectivity index (χ3n) is 2.94. The largest absolute Gasteiger partial charge is 0.465 e. The monoisotopic (exact) mass is 241 g/mol. The van der Waals surface area contributed by atoms with E-state index in [-0.39, 0.29) is 5.97 Å². The number of carboxylic acid groups (broad SMARTS) is 1. The van der Waals surface area contributed by atoms with Gasteiger partial charge in [0.15, 0.2) is 0 Å². The molecule has 1 saturated heterocycles. The van der Waals surface area contributed by atoms with Gasteiger partial charge >= 0.3 is 12.1 Å². The minimum absolute atomic E-state index is 0.256. The van der Waals surface area contributed by atoms with Crippen molar-refractivity contribution in [3.63, 3.8) is 0 Å². The lowest BCUT2D eigenvalue weighted by molar-refractivity contribution is -0.138. The summed E-state index contributed by atoms with van der Waals surface area (Å²) in [5.41, 5.74) is 1.76. The molecule has 1 rings (SSSR count). The zero-order valence-corrected chi connectivity index (χ0v) is 10.4. The molecule has 0 aromatic rings. The number of hydrogen-bond donors (Lipinski definition) is 1. The Morgan fingerprint density at radius 2 is 1.88 bits per heavy atom. The molecule has 1 fully saturated rings. The van der Waals surface area contributed by atoms with Gasteiger partial charge in [0.1, 0.15) is 0 Å².